The lowest BCUT2D eigenvalue weighted by atomic mass is 9.94. The number of carbonyl (C=O) groups is 1. The third-order valence-corrected chi connectivity index (χ3v) is 15.7. The fourth-order valence-corrected chi connectivity index (χ4v) is 13.1. The summed E-state index contributed by atoms with van der Waals surface area (Å²) in [4.78, 5) is 12.4. The summed E-state index contributed by atoms with van der Waals surface area (Å²) < 4.78 is 60.4. The summed E-state index contributed by atoms with van der Waals surface area (Å²) in [5, 5.41) is 4.58. The van der Waals surface area contributed by atoms with Crippen LogP contribution in [0.1, 0.15) is 32.6 Å². The van der Waals surface area contributed by atoms with E-state index >= 15 is 0 Å². The fourth-order valence-electron chi connectivity index (χ4n) is 9.39. The zero-order valence-corrected chi connectivity index (χ0v) is 40.8. The molecule has 1 aliphatic heterocycles. The second-order valence-corrected chi connectivity index (χ2v) is 19.6. The highest BCUT2D eigenvalue weighted by Crippen LogP contribution is 2.63. The van der Waals surface area contributed by atoms with E-state index in [1.165, 1.54) is 0 Å². The average molecular weight is 953 g/mol. The molecule has 1 aliphatic rings. The molecule has 8 aromatic carbocycles. The molecule has 2 aromatic heterocycles. The van der Waals surface area contributed by atoms with Crippen molar-refractivity contribution in [2.75, 3.05) is 28.1 Å². The molecule has 12 heteroatoms. The minimum atomic E-state index is -2.09. The molecule has 0 spiro atoms. The number of methoxy groups -OCH3 is 3. The van der Waals surface area contributed by atoms with Crippen LogP contribution in [-0.4, -0.2) is 34.4 Å². The minimum Gasteiger partial charge on any atom is -0.497 e. The van der Waals surface area contributed by atoms with E-state index in [0.29, 0.717) is 67.8 Å². The molecule has 10 nitrogen and oxygen atoms in total. The molecule has 0 saturated carbocycles. The molecular formula is C57H46O10P2. The Kier molecular flexibility index (Phi) is 11.2. The first kappa shape index (κ1) is 43.8. The molecular weight excluding hydrogens is 907 g/mol. The third-order valence-electron chi connectivity index (χ3n) is 12.7. The van der Waals surface area contributed by atoms with Crippen molar-refractivity contribution in [2.24, 2.45) is 0 Å². The lowest BCUT2D eigenvalue weighted by molar-refractivity contribution is 0.112. The summed E-state index contributed by atoms with van der Waals surface area (Å²) in [6.45, 7) is 7.90. The summed E-state index contributed by atoms with van der Waals surface area (Å²) in [6, 6.07) is 44.0. The molecule has 0 saturated heterocycles. The Balaban J connectivity index is 1.37. The molecule has 0 bridgehead atoms. The van der Waals surface area contributed by atoms with Crippen molar-refractivity contribution in [3.05, 3.63) is 161 Å². The number of hydrogen-bond acceptors (Lipinski definition) is 10. The van der Waals surface area contributed by atoms with Crippen LogP contribution in [0.15, 0.2) is 150 Å². The van der Waals surface area contributed by atoms with Crippen LogP contribution >= 0.6 is 16.0 Å². The van der Waals surface area contributed by atoms with Gasteiger partial charge in [0.05, 0.1) is 31.9 Å². The number of aryl methyl sites for hydroxylation is 4. The first-order valence-electron chi connectivity index (χ1n) is 22.4. The number of aldehydes is 1. The highest BCUT2D eigenvalue weighted by Gasteiger charge is 2.33. The van der Waals surface area contributed by atoms with Crippen LogP contribution in [0.2, 0.25) is 0 Å². The number of carbonyl (C=O) groups excluding carboxylic acids is 1. The zero-order chi connectivity index (χ0) is 47.5. The average Bonchev–Trinajstić information content (AvgIpc) is 3.76. The predicted octanol–water partition coefficient (Wildman–Crippen LogP) is 16.7. The smallest absolute Gasteiger partial charge is 0.254 e. The Bertz CT molecular complexity index is 3710. The van der Waals surface area contributed by atoms with E-state index in [1.807, 2.05) is 125 Å². The van der Waals surface area contributed by atoms with Gasteiger partial charge in [-0.25, -0.2) is 0 Å². The summed E-state index contributed by atoms with van der Waals surface area (Å²) in [5.41, 5.74) is 11.4. The molecule has 0 N–H and O–H groups in total. The van der Waals surface area contributed by atoms with Gasteiger partial charge >= 0.3 is 0 Å². The number of benzene rings is 8. The Hall–Kier alpha value is -7.77. The summed E-state index contributed by atoms with van der Waals surface area (Å²) in [6.07, 6.45) is 0.853. The highest BCUT2D eigenvalue weighted by atomic mass is 31.1. The molecule has 3 heterocycles. The number of hydrogen-bond donors (Lipinski definition) is 0. The fraction of sp³-hybridized carbons (Fsp3) is 0.140. The van der Waals surface area contributed by atoms with Gasteiger partial charge in [0.15, 0.2) is 0 Å². The van der Waals surface area contributed by atoms with Crippen LogP contribution in [0.5, 0.6) is 28.7 Å². The minimum absolute atomic E-state index is 0.0743. The molecule has 0 aliphatic carbocycles. The van der Waals surface area contributed by atoms with Crippen LogP contribution in [0.4, 0.5) is 0 Å². The standard InChI is InChI=1S/C57H46O10P2/c1-32-22-36(30-58)26-44-45-27-39(59-5)23-33(2)53(45)65-68(64-52(32)44)56-42(37-14-10-8-11-15-37)18-20-48-50(56)51-49(63-31-62-48)21-19-43(38-16-12-9-13-17-38)57(51)69-66-54-34(3)24-40(60-6)28-46(54)47-29-41(61-7)25-35(4)55(47)67-69/h8-30H,31H2,1-7H3. The quantitative estimate of drug-likeness (QED) is 0.136. The van der Waals surface area contributed by atoms with E-state index in [0.717, 1.165) is 82.9 Å². The van der Waals surface area contributed by atoms with E-state index in [9.17, 15) is 4.79 Å². The van der Waals surface area contributed by atoms with Crippen LogP contribution in [0, 0.1) is 27.7 Å². The first-order valence-corrected chi connectivity index (χ1v) is 24.7. The molecule has 0 radical (unpaired) electrons. The number of rotatable bonds is 8. The maximum atomic E-state index is 12.4. The van der Waals surface area contributed by atoms with E-state index in [1.54, 1.807) is 21.3 Å². The summed E-state index contributed by atoms with van der Waals surface area (Å²) in [5.74, 6) is 3.13. The molecule has 344 valence electrons. The van der Waals surface area contributed by atoms with Crippen molar-refractivity contribution in [2.45, 2.75) is 27.7 Å². The highest BCUT2D eigenvalue weighted by molar-refractivity contribution is 7.47. The van der Waals surface area contributed by atoms with Crippen molar-refractivity contribution in [1.82, 2.24) is 0 Å². The van der Waals surface area contributed by atoms with Crippen molar-refractivity contribution in [1.29, 1.82) is 0 Å². The van der Waals surface area contributed by atoms with E-state index in [-0.39, 0.29) is 6.79 Å². The van der Waals surface area contributed by atoms with Gasteiger partial charge < -0.3 is 40.5 Å². The van der Waals surface area contributed by atoms with Gasteiger partial charge in [0.1, 0.15) is 57.4 Å². The van der Waals surface area contributed by atoms with Gasteiger partial charge in [-0.2, -0.15) is 0 Å². The topological polar surface area (TPSA) is 116 Å². The summed E-state index contributed by atoms with van der Waals surface area (Å²) >= 11 is 0. The predicted molar refractivity (Wildman–Crippen MR) is 275 cm³/mol. The van der Waals surface area contributed by atoms with Gasteiger partial charge in [0.2, 0.25) is 6.79 Å². The maximum absolute atomic E-state index is 12.4. The van der Waals surface area contributed by atoms with Crippen LogP contribution in [0.3, 0.4) is 0 Å². The largest absolute Gasteiger partial charge is 0.497 e. The second-order valence-electron chi connectivity index (χ2n) is 17.0. The molecule has 69 heavy (non-hydrogen) atoms. The monoisotopic (exact) mass is 952 g/mol. The Morgan fingerprint density at radius 2 is 0.812 bits per heavy atom. The second kappa shape index (κ2) is 17.7. The Morgan fingerprint density at radius 1 is 0.449 bits per heavy atom. The molecule has 0 amide bonds. The Morgan fingerprint density at radius 3 is 1.17 bits per heavy atom. The van der Waals surface area contributed by atoms with Crippen LogP contribution in [0.25, 0.3) is 87.9 Å². The van der Waals surface area contributed by atoms with Crippen molar-refractivity contribution < 1.29 is 45.3 Å². The zero-order valence-electron chi connectivity index (χ0n) is 39.0. The lowest BCUT2D eigenvalue weighted by Crippen LogP contribution is -2.03. The van der Waals surface area contributed by atoms with Gasteiger partial charge in [0, 0.05) is 49.4 Å². The molecule has 0 fully saturated rings. The number of fused-ring (bicyclic) bond motifs is 9. The van der Waals surface area contributed by atoms with Gasteiger partial charge in [-0.1, -0.05) is 60.7 Å². The molecule has 10 aromatic rings. The van der Waals surface area contributed by atoms with Crippen molar-refractivity contribution >= 4 is 66.2 Å². The van der Waals surface area contributed by atoms with Gasteiger partial charge in [-0.3, -0.25) is 4.79 Å². The normalized spacial score (nSPS) is 12.2. The lowest BCUT2D eigenvalue weighted by Gasteiger charge is -2.20. The van der Waals surface area contributed by atoms with E-state index in [4.69, 9.17) is 40.5 Å². The van der Waals surface area contributed by atoms with Crippen molar-refractivity contribution in [3.8, 4) is 72.7 Å². The maximum Gasteiger partial charge on any atom is 0.254 e. The first-order chi connectivity index (χ1) is 33.7. The van der Waals surface area contributed by atoms with E-state index in [2.05, 4.69) is 36.4 Å². The third kappa shape index (κ3) is 7.57. The van der Waals surface area contributed by atoms with Crippen LogP contribution in [-0.2, 0) is 0 Å². The summed E-state index contributed by atoms with van der Waals surface area (Å²) in [7, 11) is 0.800. The SMILES string of the molecule is COc1cc(C)c2op(-c3c(-c4ccccc4)ccc4c3-c3c(ccc(-c5ccccc5)c3-p3oc5c(C)cc(OC)cc5c5cc(OC)cc(C)c5o3)OCO4)oc3c(C)cc(C=O)cc3c2c1. The molecule has 1 atom stereocenters. The van der Waals surface area contributed by atoms with Gasteiger partial charge in [0.25, 0.3) is 16.0 Å². The van der Waals surface area contributed by atoms with Crippen LogP contribution < -0.4 is 23.7 Å². The molecule has 1 unspecified atom stereocenters. The molecule has 11 rings (SSSR count). The van der Waals surface area contributed by atoms with Gasteiger partial charge in [-0.15, -0.1) is 0 Å². The number of ether oxygens (including phenoxy) is 5. The van der Waals surface area contributed by atoms with Crippen molar-refractivity contribution in [3.63, 3.8) is 0 Å². The Labute approximate surface area is 399 Å². The van der Waals surface area contributed by atoms with E-state index < -0.39 is 16.0 Å². The van der Waals surface area contributed by atoms with Gasteiger partial charge in [-0.05, 0) is 134 Å².